The smallest absolute Gasteiger partial charge is 0.338 e. The van der Waals surface area contributed by atoms with Gasteiger partial charge in [-0.3, -0.25) is 4.79 Å². The van der Waals surface area contributed by atoms with E-state index in [4.69, 9.17) is 4.74 Å². The third-order valence-electron chi connectivity index (χ3n) is 3.88. The van der Waals surface area contributed by atoms with Crippen molar-refractivity contribution in [3.05, 3.63) is 64.7 Å². The molecule has 5 nitrogen and oxygen atoms in total. The van der Waals surface area contributed by atoms with Crippen LogP contribution in [0.15, 0.2) is 47.4 Å². The molecule has 6 heteroatoms. The van der Waals surface area contributed by atoms with Gasteiger partial charge in [0.2, 0.25) is 0 Å². The third-order valence-corrected chi connectivity index (χ3v) is 4.99. The number of esters is 1. The van der Waals surface area contributed by atoms with E-state index in [1.165, 1.54) is 18.2 Å². The number of aryl methyl sites for hydroxylation is 2. The summed E-state index contributed by atoms with van der Waals surface area (Å²) in [5.74, 6) is -1.03. The molecule has 0 radical (unpaired) electrons. The molecule has 0 saturated carbocycles. The Morgan fingerprint density at radius 3 is 2.24 bits per heavy atom. The van der Waals surface area contributed by atoms with Gasteiger partial charge in [0.25, 0.3) is 0 Å². The molecule has 0 aliphatic carbocycles. The maximum Gasteiger partial charge on any atom is 0.338 e. The van der Waals surface area contributed by atoms with Crippen molar-refractivity contribution >= 4 is 21.6 Å². The monoisotopic (exact) mass is 360 g/mol. The molecular weight excluding hydrogens is 340 g/mol. The number of hydrogen-bond donors (Lipinski definition) is 0. The number of rotatable bonds is 6. The number of sulfone groups is 1. The molecule has 2 aromatic carbocycles. The largest absolute Gasteiger partial charge is 0.454 e. The van der Waals surface area contributed by atoms with E-state index in [2.05, 4.69) is 0 Å². The Labute approximate surface area is 147 Å². The van der Waals surface area contributed by atoms with Crippen LogP contribution in [0.2, 0.25) is 0 Å². The second kappa shape index (κ2) is 7.61. The van der Waals surface area contributed by atoms with Crippen LogP contribution in [0.4, 0.5) is 0 Å². The highest BCUT2D eigenvalue weighted by Gasteiger charge is 2.17. The molecule has 132 valence electrons. The molecule has 2 aromatic rings. The van der Waals surface area contributed by atoms with Gasteiger partial charge >= 0.3 is 5.97 Å². The van der Waals surface area contributed by atoms with Crippen LogP contribution in [0.1, 0.15) is 38.8 Å². The Kier molecular flexibility index (Phi) is 5.74. The Bertz CT molecular complexity index is 896. The van der Waals surface area contributed by atoms with Crippen molar-refractivity contribution in [2.75, 3.05) is 12.9 Å². The minimum absolute atomic E-state index is 0.0338. The molecule has 0 bridgehead atoms. The van der Waals surface area contributed by atoms with E-state index in [-0.39, 0.29) is 16.2 Å². The standard InChI is InChI=1S/C19H20O5S/c1-4-14-6-8-15(9-7-14)18(20)12-24-19(21)17-11-16(25(3,22)23)10-5-13(17)2/h5-11H,4,12H2,1-3H3. The van der Waals surface area contributed by atoms with E-state index >= 15 is 0 Å². The van der Waals surface area contributed by atoms with Crippen LogP contribution in [-0.4, -0.2) is 33.0 Å². The summed E-state index contributed by atoms with van der Waals surface area (Å²) in [6.45, 7) is 3.30. The predicted molar refractivity (Wildman–Crippen MR) is 94.7 cm³/mol. The maximum atomic E-state index is 12.2. The lowest BCUT2D eigenvalue weighted by atomic mass is 10.1. The Hall–Kier alpha value is -2.47. The summed E-state index contributed by atoms with van der Waals surface area (Å²) < 4.78 is 28.3. The van der Waals surface area contributed by atoms with Crippen molar-refractivity contribution in [3.8, 4) is 0 Å². The third kappa shape index (κ3) is 4.76. The Morgan fingerprint density at radius 1 is 1.04 bits per heavy atom. The molecule has 0 unspecified atom stereocenters. The summed E-state index contributed by atoms with van der Waals surface area (Å²) in [5.41, 5.74) is 2.29. The number of Topliss-reactive ketones (excluding diaryl/α,β-unsaturated/α-hetero) is 1. The topological polar surface area (TPSA) is 77.5 Å². The lowest BCUT2D eigenvalue weighted by Gasteiger charge is -2.09. The van der Waals surface area contributed by atoms with Gasteiger partial charge in [-0.2, -0.15) is 0 Å². The summed E-state index contributed by atoms with van der Waals surface area (Å²) in [6, 6.07) is 11.4. The molecule has 0 aromatic heterocycles. The van der Waals surface area contributed by atoms with E-state index in [1.807, 2.05) is 19.1 Å². The van der Waals surface area contributed by atoms with E-state index in [0.717, 1.165) is 18.2 Å². The molecular formula is C19H20O5S. The van der Waals surface area contributed by atoms with Gasteiger partial charge in [-0.05, 0) is 36.6 Å². The number of carbonyl (C=O) groups is 2. The fourth-order valence-corrected chi connectivity index (χ4v) is 2.92. The molecule has 0 aliphatic heterocycles. The summed E-state index contributed by atoms with van der Waals surface area (Å²) in [4.78, 5) is 24.4. The van der Waals surface area contributed by atoms with Crippen molar-refractivity contribution < 1.29 is 22.7 Å². The fraction of sp³-hybridized carbons (Fsp3) is 0.263. The molecule has 2 rings (SSSR count). The van der Waals surface area contributed by atoms with Gasteiger partial charge in [0.05, 0.1) is 10.5 Å². The Balaban J connectivity index is 2.10. The highest BCUT2D eigenvalue weighted by molar-refractivity contribution is 7.90. The molecule has 25 heavy (non-hydrogen) atoms. The van der Waals surface area contributed by atoms with Gasteiger partial charge in [-0.25, -0.2) is 13.2 Å². The summed E-state index contributed by atoms with van der Waals surface area (Å²) >= 11 is 0. The SMILES string of the molecule is CCc1ccc(C(=O)COC(=O)c2cc(S(C)(=O)=O)ccc2C)cc1. The van der Waals surface area contributed by atoms with Crippen LogP contribution < -0.4 is 0 Å². The van der Waals surface area contributed by atoms with Gasteiger partial charge in [0.15, 0.2) is 22.2 Å². The van der Waals surface area contributed by atoms with Gasteiger partial charge in [-0.15, -0.1) is 0 Å². The van der Waals surface area contributed by atoms with Crippen molar-refractivity contribution in [2.24, 2.45) is 0 Å². The summed E-state index contributed by atoms with van der Waals surface area (Å²) in [5, 5.41) is 0. The first-order valence-electron chi connectivity index (χ1n) is 7.82. The van der Waals surface area contributed by atoms with Crippen molar-refractivity contribution in [1.29, 1.82) is 0 Å². The van der Waals surface area contributed by atoms with Gasteiger partial charge in [0, 0.05) is 11.8 Å². The minimum atomic E-state index is -3.43. The fourth-order valence-electron chi connectivity index (χ4n) is 2.27. The van der Waals surface area contributed by atoms with Crippen molar-refractivity contribution in [1.82, 2.24) is 0 Å². The van der Waals surface area contributed by atoms with Crippen LogP contribution in [0.3, 0.4) is 0 Å². The zero-order chi connectivity index (χ0) is 18.6. The van der Waals surface area contributed by atoms with Crippen LogP contribution in [0, 0.1) is 6.92 Å². The summed E-state index contributed by atoms with van der Waals surface area (Å²) in [7, 11) is -3.43. The number of carbonyl (C=O) groups excluding carboxylic acids is 2. The minimum Gasteiger partial charge on any atom is -0.454 e. The first-order valence-corrected chi connectivity index (χ1v) is 9.71. The molecule has 0 amide bonds. The average Bonchev–Trinajstić information content (AvgIpc) is 2.58. The highest BCUT2D eigenvalue weighted by atomic mass is 32.2. The zero-order valence-corrected chi connectivity index (χ0v) is 15.2. The molecule has 0 spiro atoms. The van der Waals surface area contributed by atoms with Crippen molar-refractivity contribution in [3.63, 3.8) is 0 Å². The molecule has 0 aliphatic rings. The quantitative estimate of drug-likeness (QED) is 0.584. The van der Waals surface area contributed by atoms with Gasteiger partial charge < -0.3 is 4.74 Å². The van der Waals surface area contributed by atoms with Crippen molar-refractivity contribution in [2.45, 2.75) is 25.2 Å². The van der Waals surface area contributed by atoms with Gasteiger partial charge in [-0.1, -0.05) is 37.3 Å². The zero-order valence-electron chi connectivity index (χ0n) is 14.4. The van der Waals surface area contributed by atoms with Crippen LogP contribution >= 0.6 is 0 Å². The molecule has 0 atom stereocenters. The number of ether oxygens (including phenoxy) is 1. The molecule has 0 heterocycles. The number of benzene rings is 2. The van der Waals surface area contributed by atoms with Crippen LogP contribution in [0.5, 0.6) is 0 Å². The normalized spacial score (nSPS) is 11.2. The number of ketones is 1. The van der Waals surface area contributed by atoms with Crippen LogP contribution in [-0.2, 0) is 21.0 Å². The second-order valence-corrected chi connectivity index (χ2v) is 7.81. The second-order valence-electron chi connectivity index (χ2n) is 5.80. The Morgan fingerprint density at radius 2 is 1.68 bits per heavy atom. The molecule has 0 saturated heterocycles. The van der Waals surface area contributed by atoms with E-state index < -0.39 is 22.4 Å². The number of hydrogen-bond acceptors (Lipinski definition) is 5. The van der Waals surface area contributed by atoms with E-state index in [0.29, 0.717) is 11.1 Å². The lowest BCUT2D eigenvalue weighted by molar-refractivity contribution is 0.0473. The van der Waals surface area contributed by atoms with E-state index in [1.54, 1.807) is 19.1 Å². The van der Waals surface area contributed by atoms with Gasteiger partial charge in [0.1, 0.15) is 0 Å². The highest BCUT2D eigenvalue weighted by Crippen LogP contribution is 2.17. The maximum absolute atomic E-state index is 12.2. The van der Waals surface area contributed by atoms with E-state index in [9.17, 15) is 18.0 Å². The first kappa shape index (κ1) is 18.9. The molecule has 0 fully saturated rings. The molecule has 0 N–H and O–H groups in total. The first-order chi connectivity index (χ1) is 11.7. The predicted octanol–water partition coefficient (Wildman–Crippen LogP) is 3.00. The lowest BCUT2D eigenvalue weighted by Crippen LogP contribution is -2.15. The van der Waals surface area contributed by atoms with Crippen LogP contribution in [0.25, 0.3) is 0 Å². The summed E-state index contributed by atoms with van der Waals surface area (Å²) in [6.07, 6.45) is 1.94. The average molecular weight is 360 g/mol.